The first-order chi connectivity index (χ1) is 2.84. The molecule has 1 aliphatic rings. The molecule has 1 aliphatic heterocycles. The summed E-state index contributed by atoms with van der Waals surface area (Å²) in [4.78, 5) is 0. The van der Waals surface area contributed by atoms with Crippen molar-refractivity contribution in [1.82, 2.24) is 0 Å². The second-order valence-corrected chi connectivity index (χ2v) is 7.40. The summed E-state index contributed by atoms with van der Waals surface area (Å²) in [5.74, 6) is 0.00360. The van der Waals surface area contributed by atoms with Crippen LogP contribution in [0.1, 0.15) is 0 Å². The van der Waals surface area contributed by atoms with Crippen LogP contribution >= 0.6 is 13.9 Å². The van der Waals surface area contributed by atoms with E-state index in [-0.39, 0.29) is 5.98 Å². The Hall–Kier alpha value is 0.560. The average Bonchev–Trinajstić information content (AvgIpc) is 2.19. The molecule has 2 unspecified atom stereocenters. The molecule has 6 heavy (non-hydrogen) atoms. The molecule has 0 aromatic rings. The third-order valence-electron chi connectivity index (χ3n) is 0.615. The van der Waals surface area contributed by atoms with E-state index in [2.05, 4.69) is 6.58 Å². The highest BCUT2D eigenvalue weighted by molar-refractivity contribution is 8.31. The smallest absolute Gasteiger partial charge is 0.0748 e. The Labute approximate surface area is 44.3 Å². The van der Waals surface area contributed by atoms with Crippen molar-refractivity contribution in [3.05, 3.63) is 12.7 Å². The summed E-state index contributed by atoms with van der Waals surface area (Å²) in [5.41, 5.74) is 0. The number of hydrogen-bond donors (Lipinski definition) is 0. The minimum absolute atomic E-state index is 0.00360. The van der Waals surface area contributed by atoms with Crippen LogP contribution < -0.4 is 0 Å². The highest BCUT2D eigenvalue weighted by Crippen LogP contribution is 2.55. The van der Waals surface area contributed by atoms with Gasteiger partial charge in [-0.3, -0.25) is 0 Å². The second-order valence-electron chi connectivity index (χ2n) is 1.07. The highest BCUT2D eigenvalue weighted by Gasteiger charge is 2.11. The van der Waals surface area contributed by atoms with Crippen LogP contribution in [0.4, 0.5) is 0 Å². The molecule has 0 amide bonds. The van der Waals surface area contributed by atoms with Gasteiger partial charge in [0.2, 0.25) is 0 Å². The normalized spacial score (nSPS) is 37.3. The Balaban J connectivity index is 2.56. The summed E-state index contributed by atoms with van der Waals surface area (Å²) in [6.07, 6.45) is 1.96. The molecular weight excluding hydrogens is 130 g/mol. The van der Waals surface area contributed by atoms with Crippen LogP contribution in [-0.4, -0.2) is 5.40 Å². The van der Waals surface area contributed by atoms with E-state index in [0.717, 1.165) is 5.40 Å². The number of allylic oxidation sites excluding steroid dienone is 1. The molecule has 1 heterocycles. The van der Waals surface area contributed by atoms with E-state index in [0.29, 0.717) is 0 Å². The van der Waals surface area contributed by atoms with Gasteiger partial charge in [0.25, 0.3) is 0 Å². The van der Waals surface area contributed by atoms with Gasteiger partial charge in [0, 0.05) is 0 Å². The predicted molar refractivity (Wildman–Crippen MR) is 35.2 cm³/mol. The van der Waals surface area contributed by atoms with Crippen LogP contribution in [0.25, 0.3) is 0 Å². The van der Waals surface area contributed by atoms with E-state index in [1.54, 1.807) is 0 Å². The third kappa shape index (κ3) is 0.789. The average molecular weight is 134 g/mol. The van der Waals surface area contributed by atoms with Gasteiger partial charge in [0.1, 0.15) is 0 Å². The molecule has 1 rings (SSSR count). The maximum absolute atomic E-state index is 4.93. The van der Waals surface area contributed by atoms with E-state index < -0.39 is 0 Å². The van der Waals surface area contributed by atoms with Crippen LogP contribution in [0.2, 0.25) is 0 Å². The van der Waals surface area contributed by atoms with Gasteiger partial charge in [-0.25, -0.2) is 0 Å². The minimum atomic E-state index is 0.00360. The fraction of sp³-hybridized carbons (Fsp3) is 0.333. The first kappa shape index (κ1) is 4.71. The van der Waals surface area contributed by atoms with Crippen molar-refractivity contribution in [2.45, 2.75) is 5.40 Å². The Bertz CT molecular complexity index is 143. The van der Waals surface area contributed by atoms with Crippen LogP contribution in [0.5, 0.6) is 0 Å². The van der Waals surface area contributed by atoms with Crippen LogP contribution in [0.15, 0.2) is 12.7 Å². The molecule has 0 spiro atoms. The van der Waals surface area contributed by atoms with Gasteiger partial charge >= 0.3 is 0 Å². The Morgan fingerprint density at radius 2 is 2.50 bits per heavy atom. The van der Waals surface area contributed by atoms with Gasteiger partial charge in [-0.2, -0.15) is 0 Å². The summed E-state index contributed by atoms with van der Waals surface area (Å²) in [6.45, 7) is 3.62. The third-order valence-corrected chi connectivity index (χ3v) is 5.96. The molecular formula is C3H4P2S. The standard InChI is InChI=1S/C3H4P2S/c1-2-3-4-5(3)6/h2-3H,1H2. The Kier molecular flexibility index (Phi) is 1.24. The highest BCUT2D eigenvalue weighted by atomic mass is 32.5. The molecule has 0 aromatic carbocycles. The SMILES string of the molecule is C=CC1P=P1=S. The second kappa shape index (κ2) is 1.58. The van der Waals surface area contributed by atoms with Gasteiger partial charge in [0.05, 0.1) is 5.40 Å². The Morgan fingerprint density at radius 3 is 2.50 bits per heavy atom. The lowest BCUT2D eigenvalue weighted by Crippen LogP contribution is -1.57. The zero-order chi connectivity index (χ0) is 4.57. The van der Waals surface area contributed by atoms with Crippen molar-refractivity contribution >= 4 is 25.7 Å². The van der Waals surface area contributed by atoms with Gasteiger partial charge in [-0.15, -0.1) is 6.58 Å². The predicted octanol–water partition coefficient (Wildman–Crippen LogP) is 2.32. The van der Waals surface area contributed by atoms with E-state index >= 15 is 0 Å². The molecule has 0 N–H and O–H groups in total. The van der Waals surface area contributed by atoms with Crippen molar-refractivity contribution in [2.75, 3.05) is 0 Å². The van der Waals surface area contributed by atoms with Gasteiger partial charge in [-0.1, -0.05) is 25.8 Å². The van der Waals surface area contributed by atoms with Crippen molar-refractivity contribution in [3.63, 3.8) is 0 Å². The zero-order valence-electron chi connectivity index (χ0n) is 3.16. The molecule has 0 saturated heterocycles. The zero-order valence-corrected chi connectivity index (χ0v) is 5.77. The maximum Gasteiger partial charge on any atom is 0.0748 e. The largest absolute Gasteiger partial charge is 0.101 e. The molecule has 2 atom stereocenters. The maximum atomic E-state index is 4.93. The van der Waals surface area contributed by atoms with Gasteiger partial charge in [-0.05, 0) is 5.98 Å². The molecule has 3 heteroatoms. The molecule has 0 bridgehead atoms. The molecule has 0 fully saturated rings. The topological polar surface area (TPSA) is 0 Å². The first-order valence-electron chi connectivity index (χ1n) is 1.64. The van der Waals surface area contributed by atoms with Gasteiger partial charge < -0.3 is 0 Å². The quantitative estimate of drug-likeness (QED) is 0.391. The van der Waals surface area contributed by atoms with Crippen molar-refractivity contribution < 1.29 is 0 Å². The molecule has 0 saturated carbocycles. The van der Waals surface area contributed by atoms with Crippen LogP contribution in [0, 0.1) is 0 Å². The summed E-state index contributed by atoms with van der Waals surface area (Å²) in [7, 11) is 1.46. The molecule has 0 aliphatic carbocycles. The Morgan fingerprint density at radius 1 is 2.00 bits per heavy atom. The summed E-state index contributed by atoms with van der Waals surface area (Å²) in [6, 6.07) is 0. The van der Waals surface area contributed by atoms with E-state index in [1.165, 1.54) is 7.87 Å². The van der Waals surface area contributed by atoms with Gasteiger partial charge in [0.15, 0.2) is 0 Å². The summed E-state index contributed by atoms with van der Waals surface area (Å²) < 4.78 is 0. The van der Waals surface area contributed by atoms with Crippen molar-refractivity contribution in [3.8, 4) is 0 Å². The van der Waals surface area contributed by atoms with E-state index in [4.69, 9.17) is 11.8 Å². The summed E-state index contributed by atoms with van der Waals surface area (Å²) in [5, 5.41) is 0.718. The molecule has 0 radical (unpaired) electrons. The summed E-state index contributed by atoms with van der Waals surface area (Å²) >= 11 is 4.93. The fourth-order valence-corrected chi connectivity index (χ4v) is 4.02. The monoisotopic (exact) mass is 134 g/mol. The minimum Gasteiger partial charge on any atom is -0.101 e. The van der Waals surface area contributed by atoms with Crippen molar-refractivity contribution in [1.29, 1.82) is 0 Å². The molecule has 0 nitrogen and oxygen atoms in total. The van der Waals surface area contributed by atoms with Crippen LogP contribution in [0.3, 0.4) is 0 Å². The van der Waals surface area contributed by atoms with E-state index in [9.17, 15) is 0 Å². The van der Waals surface area contributed by atoms with Crippen LogP contribution in [-0.2, 0) is 11.8 Å². The number of hydrogen-bond acceptors (Lipinski definition) is 1. The first-order valence-corrected chi connectivity index (χ1v) is 5.73. The lowest BCUT2D eigenvalue weighted by atomic mass is 10.8. The lowest BCUT2D eigenvalue weighted by molar-refractivity contribution is 1.73. The fourth-order valence-electron chi connectivity index (χ4n) is 0.224. The van der Waals surface area contributed by atoms with E-state index in [1.807, 2.05) is 6.08 Å². The number of rotatable bonds is 1. The van der Waals surface area contributed by atoms with Crippen molar-refractivity contribution in [2.24, 2.45) is 0 Å². The molecule has 0 aromatic heterocycles. The molecule has 32 valence electrons. The lowest BCUT2D eigenvalue weighted by Gasteiger charge is -1.65.